The van der Waals surface area contributed by atoms with Crippen LogP contribution < -0.4 is 10.1 Å². The third-order valence-corrected chi connectivity index (χ3v) is 5.37. The fourth-order valence-electron chi connectivity index (χ4n) is 3.94. The minimum absolute atomic E-state index is 0.309. The average molecular weight is 404 g/mol. The van der Waals surface area contributed by atoms with Gasteiger partial charge in [0.1, 0.15) is 5.75 Å². The number of nitrogens with zero attached hydrogens (tertiary/aromatic N) is 1. The number of carbonyl (C=O) groups excluding carboxylic acids is 2. The first-order chi connectivity index (χ1) is 14.7. The number of rotatable bonds is 7. The van der Waals surface area contributed by atoms with Crippen molar-refractivity contribution < 1.29 is 19.1 Å². The molecule has 1 amide bonds. The molecule has 0 saturated heterocycles. The Morgan fingerprint density at radius 2 is 1.87 bits per heavy atom. The third kappa shape index (κ3) is 4.13. The van der Waals surface area contributed by atoms with Crippen LogP contribution in [0.2, 0.25) is 0 Å². The van der Waals surface area contributed by atoms with Gasteiger partial charge in [0.25, 0.3) is 5.91 Å². The van der Waals surface area contributed by atoms with Crippen LogP contribution in [0.3, 0.4) is 0 Å². The maximum Gasteiger partial charge on any atom is 0.339 e. The van der Waals surface area contributed by atoms with Crippen LogP contribution in [0.25, 0.3) is 10.9 Å². The zero-order valence-electron chi connectivity index (χ0n) is 16.9. The lowest BCUT2D eigenvalue weighted by atomic mass is 10.0. The lowest BCUT2D eigenvalue weighted by Crippen LogP contribution is -2.30. The number of aryl methyl sites for hydroxylation is 1. The van der Waals surface area contributed by atoms with E-state index in [0.717, 1.165) is 52.7 Å². The van der Waals surface area contributed by atoms with Gasteiger partial charge in [-0.15, -0.1) is 0 Å². The third-order valence-electron chi connectivity index (χ3n) is 5.37. The summed E-state index contributed by atoms with van der Waals surface area (Å²) in [7, 11) is 1.62. The Bertz CT molecular complexity index is 1090. The number of carbonyl (C=O) groups is 2. The predicted octanol–water partition coefficient (Wildman–Crippen LogP) is 3.25. The summed E-state index contributed by atoms with van der Waals surface area (Å²) in [4.78, 5) is 29.7. The highest BCUT2D eigenvalue weighted by atomic mass is 16.5. The zero-order chi connectivity index (χ0) is 20.9. The van der Waals surface area contributed by atoms with Crippen molar-refractivity contribution in [3.05, 3.63) is 70.9 Å². The Labute approximate surface area is 175 Å². The SMILES string of the molecule is COc1ccccc1CCNC(=O)COC(=O)c1c2c(nc3ccccc13)CCC2. The molecule has 154 valence electrons. The molecule has 0 atom stereocenters. The zero-order valence-corrected chi connectivity index (χ0v) is 16.9. The molecule has 0 spiro atoms. The number of para-hydroxylation sites is 2. The van der Waals surface area contributed by atoms with Crippen molar-refractivity contribution in [3.8, 4) is 5.75 Å². The smallest absolute Gasteiger partial charge is 0.339 e. The van der Waals surface area contributed by atoms with E-state index in [1.807, 2.05) is 48.5 Å². The van der Waals surface area contributed by atoms with Crippen LogP contribution in [0, 0.1) is 0 Å². The molecule has 2 aromatic carbocycles. The Balaban J connectivity index is 1.38. The summed E-state index contributed by atoms with van der Waals surface area (Å²) in [5.74, 6) is -0.00326. The standard InChI is InChI=1S/C24H24N2O4/c1-29-21-12-5-2-7-16(21)13-14-25-22(27)15-30-24(28)23-17-8-3-4-10-19(17)26-20-11-6-9-18(20)23/h2-5,7-8,10,12H,6,9,11,13-15H2,1H3,(H,25,27). The molecule has 1 aliphatic carbocycles. The van der Waals surface area contributed by atoms with Gasteiger partial charge in [-0.25, -0.2) is 4.79 Å². The van der Waals surface area contributed by atoms with Crippen LogP contribution in [0.5, 0.6) is 5.75 Å². The first-order valence-electron chi connectivity index (χ1n) is 10.1. The van der Waals surface area contributed by atoms with E-state index in [0.29, 0.717) is 18.5 Å². The highest BCUT2D eigenvalue weighted by Crippen LogP contribution is 2.30. The van der Waals surface area contributed by atoms with Crippen molar-refractivity contribution in [2.45, 2.75) is 25.7 Å². The lowest BCUT2D eigenvalue weighted by molar-refractivity contribution is -0.124. The summed E-state index contributed by atoms with van der Waals surface area (Å²) in [6, 6.07) is 15.2. The maximum atomic E-state index is 12.9. The van der Waals surface area contributed by atoms with E-state index < -0.39 is 5.97 Å². The van der Waals surface area contributed by atoms with Crippen molar-refractivity contribution in [2.24, 2.45) is 0 Å². The summed E-state index contributed by atoms with van der Waals surface area (Å²) >= 11 is 0. The molecule has 0 fully saturated rings. The number of benzene rings is 2. The van der Waals surface area contributed by atoms with Crippen LogP contribution in [-0.4, -0.2) is 37.1 Å². The molecule has 4 rings (SSSR count). The number of ether oxygens (including phenoxy) is 2. The minimum Gasteiger partial charge on any atom is -0.496 e. The fourth-order valence-corrected chi connectivity index (χ4v) is 3.94. The van der Waals surface area contributed by atoms with Gasteiger partial charge in [0, 0.05) is 17.6 Å². The molecule has 0 radical (unpaired) electrons. The molecule has 6 nitrogen and oxygen atoms in total. The summed E-state index contributed by atoms with van der Waals surface area (Å²) in [6.07, 6.45) is 3.28. The Hall–Kier alpha value is -3.41. The van der Waals surface area contributed by atoms with E-state index in [9.17, 15) is 9.59 Å². The normalized spacial score (nSPS) is 12.4. The number of methoxy groups -OCH3 is 1. The second-order valence-electron chi connectivity index (χ2n) is 7.27. The number of aromatic nitrogens is 1. The lowest BCUT2D eigenvalue weighted by Gasteiger charge is -2.12. The second kappa shape index (κ2) is 8.95. The number of nitrogens with one attached hydrogen (secondary N) is 1. The first kappa shape index (κ1) is 19.9. The van der Waals surface area contributed by atoms with E-state index in [4.69, 9.17) is 9.47 Å². The number of amides is 1. The van der Waals surface area contributed by atoms with Gasteiger partial charge in [-0.3, -0.25) is 9.78 Å². The Morgan fingerprint density at radius 1 is 1.07 bits per heavy atom. The molecule has 30 heavy (non-hydrogen) atoms. The molecule has 1 heterocycles. The molecular weight excluding hydrogens is 380 g/mol. The predicted molar refractivity (Wildman–Crippen MR) is 114 cm³/mol. The van der Waals surface area contributed by atoms with Crippen molar-refractivity contribution in [3.63, 3.8) is 0 Å². The molecule has 1 N–H and O–H groups in total. The minimum atomic E-state index is -0.466. The number of esters is 1. The van der Waals surface area contributed by atoms with Crippen molar-refractivity contribution in [1.29, 1.82) is 0 Å². The average Bonchev–Trinajstić information content (AvgIpc) is 3.24. The van der Waals surface area contributed by atoms with Crippen LogP contribution in [0.4, 0.5) is 0 Å². The van der Waals surface area contributed by atoms with E-state index in [-0.39, 0.29) is 12.5 Å². The topological polar surface area (TPSA) is 77.5 Å². The summed E-state index contributed by atoms with van der Waals surface area (Å²) in [5.41, 5.74) is 4.26. The Morgan fingerprint density at radius 3 is 2.73 bits per heavy atom. The fraction of sp³-hybridized carbons (Fsp3) is 0.292. The molecule has 6 heteroatoms. The Kier molecular flexibility index (Phi) is 5.93. The van der Waals surface area contributed by atoms with Gasteiger partial charge < -0.3 is 14.8 Å². The van der Waals surface area contributed by atoms with Crippen molar-refractivity contribution in [2.75, 3.05) is 20.3 Å². The van der Waals surface area contributed by atoms with E-state index in [2.05, 4.69) is 10.3 Å². The highest BCUT2D eigenvalue weighted by Gasteiger charge is 2.25. The van der Waals surface area contributed by atoms with Gasteiger partial charge >= 0.3 is 5.97 Å². The molecular formula is C24H24N2O4. The van der Waals surface area contributed by atoms with Crippen molar-refractivity contribution in [1.82, 2.24) is 10.3 Å². The molecule has 0 aliphatic heterocycles. The van der Waals surface area contributed by atoms with Gasteiger partial charge in [-0.2, -0.15) is 0 Å². The quantitative estimate of drug-likeness (QED) is 0.612. The number of pyridine rings is 1. The van der Waals surface area contributed by atoms with Gasteiger partial charge in [-0.1, -0.05) is 36.4 Å². The molecule has 3 aromatic rings. The maximum absolute atomic E-state index is 12.9. The largest absolute Gasteiger partial charge is 0.496 e. The van der Waals surface area contributed by atoms with Crippen LogP contribution in [-0.2, 0) is 28.8 Å². The van der Waals surface area contributed by atoms with E-state index in [1.54, 1.807) is 7.11 Å². The van der Waals surface area contributed by atoms with Crippen LogP contribution in [0.1, 0.15) is 33.6 Å². The van der Waals surface area contributed by atoms with Crippen LogP contribution in [0.15, 0.2) is 48.5 Å². The van der Waals surface area contributed by atoms with E-state index in [1.165, 1.54) is 0 Å². The van der Waals surface area contributed by atoms with Gasteiger partial charge in [0.2, 0.25) is 0 Å². The second-order valence-corrected chi connectivity index (χ2v) is 7.27. The molecule has 0 saturated carbocycles. The summed E-state index contributed by atoms with van der Waals surface area (Å²) < 4.78 is 10.7. The van der Waals surface area contributed by atoms with Crippen molar-refractivity contribution >= 4 is 22.8 Å². The van der Waals surface area contributed by atoms with Gasteiger partial charge in [0.15, 0.2) is 6.61 Å². The molecule has 0 unspecified atom stereocenters. The number of hydrogen-bond donors (Lipinski definition) is 1. The van der Waals surface area contributed by atoms with Crippen LogP contribution >= 0.6 is 0 Å². The molecule has 0 bridgehead atoms. The summed E-state index contributed by atoms with van der Waals surface area (Å²) in [6.45, 7) is 0.126. The number of fused-ring (bicyclic) bond motifs is 2. The first-order valence-corrected chi connectivity index (χ1v) is 10.1. The van der Waals surface area contributed by atoms with E-state index >= 15 is 0 Å². The highest BCUT2D eigenvalue weighted by molar-refractivity contribution is 6.05. The van der Waals surface area contributed by atoms with Gasteiger partial charge in [-0.05, 0) is 48.9 Å². The molecule has 1 aliphatic rings. The summed E-state index contributed by atoms with van der Waals surface area (Å²) in [5, 5.41) is 3.57. The van der Waals surface area contributed by atoms with Gasteiger partial charge in [0.05, 0.1) is 18.2 Å². The molecule has 1 aromatic heterocycles. The monoisotopic (exact) mass is 404 g/mol. The number of hydrogen-bond acceptors (Lipinski definition) is 5.